The summed E-state index contributed by atoms with van der Waals surface area (Å²) in [4.78, 5) is 15.9. The second-order valence-corrected chi connectivity index (χ2v) is 4.65. The monoisotopic (exact) mass is 249 g/mol. The van der Waals surface area contributed by atoms with E-state index in [4.69, 9.17) is 16.9 Å². The third-order valence-corrected chi connectivity index (χ3v) is 3.21. The van der Waals surface area contributed by atoms with Crippen LogP contribution in [0.25, 0.3) is 0 Å². The Morgan fingerprint density at radius 1 is 1.53 bits per heavy atom. The van der Waals surface area contributed by atoms with Gasteiger partial charge in [-0.3, -0.25) is 9.78 Å². The average Bonchev–Trinajstić information content (AvgIpc) is 2.78. The molecule has 88 valence electrons. The molecule has 1 heterocycles. The molecule has 0 radical (unpaired) electrons. The van der Waals surface area contributed by atoms with E-state index in [2.05, 4.69) is 16.4 Å². The molecule has 1 fully saturated rings. The lowest BCUT2D eigenvalue weighted by atomic mass is 10.00. The van der Waals surface area contributed by atoms with Crippen molar-refractivity contribution < 1.29 is 4.79 Å². The van der Waals surface area contributed by atoms with E-state index in [0.717, 1.165) is 12.8 Å². The summed E-state index contributed by atoms with van der Waals surface area (Å²) in [6.07, 6.45) is 4.82. The molecule has 0 bridgehead atoms. The summed E-state index contributed by atoms with van der Waals surface area (Å²) in [5, 5.41) is 12.4. The van der Waals surface area contributed by atoms with Crippen molar-refractivity contribution in [2.75, 3.05) is 0 Å². The van der Waals surface area contributed by atoms with Gasteiger partial charge in [-0.1, -0.05) is 11.6 Å². The topological polar surface area (TPSA) is 65.8 Å². The van der Waals surface area contributed by atoms with Crippen molar-refractivity contribution in [3.8, 4) is 6.07 Å². The maximum Gasteiger partial charge on any atom is 0.271 e. The van der Waals surface area contributed by atoms with Crippen LogP contribution in [-0.4, -0.2) is 16.4 Å². The van der Waals surface area contributed by atoms with Crippen LogP contribution in [0.5, 0.6) is 0 Å². The minimum absolute atomic E-state index is 0.249. The van der Waals surface area contributed by atoms with Crippen LogP contribution in [0.1, 0.15) is 36.2 Å². The van der Waals surface area contributed by atoms with E-state index in [1.165, 1.54) is 12.3 Å². The summed E-state index contributed by atoms with van der Waals surface area (Å²) in [5.41, 5.74) is -0.472. The van der Waals surface area contributed by atoms with Gasteiger partial charge in [-0.15, -0.1) is 0 Å². The van der Waals surface area contributed by atoms with Gasteiger partial charge in [0.1, 0.15) is 11.2 Å². The van der Waals surface area contributed by atoms with Crippen LogP contribution in [0.3, 0.4) is 0 Å². The largest absolute Gasteiger partial charge is 0.332 e. The average molecular weight is 250 g/mol. The van der Waals surface area contributed by atoms with Gasteiger partial charge in [0.2, 0.25) is 0 Å². The smallest absolute Gasteiger partial charge is 0.271 e. The second-order valence-electron chi connectivity index (χ2n) is 4.21. The van der Waals surface area contributed by atoms with E-state index in [9.17, 15) is 4.79 Å². The number of pyridine rings is 1. The maximum absolute atomic E-state index is 11.9. The van der Waals surface area contributed by atoms with Crippen molar-refractivity contribution in [2.24, 2.45) is 0 Å². The van der Waals surface area contributed by atoms with Gasteiger partial charge >= 0.3 is 0 Å². The SMILES string of the molecule is N#CC1(NC(=O)c2cc(Cl)ccn2)CCCC1. The van der Waals surface area contributed by atoms with Crippen molar-refractivity contribution in [3.05, 3.63) is 29.0 Å². The van der Waals surface area contributed by atoms with Crippen LogP contribution in [0, 0.1) is 11.3 Å². The van der Waals surface area contributed by atoms with Crippen molar-refractivity contribution in [3.63, 3.8) is 0 Å². The predicted molar refractivity (Wildman–Crippen MR) is 63.5 cm³/mol. The third-order valence-electron chi connectivity index (χ3n) is 2.98. The number of halogens is 1. The highest BCUT2D eigenvalue weighted by Gasteiger charge is 2.35. The number of carbonyl (C=O) groups excluding carboxylic acids is 1. The van der Waals surface area contributed by atoms with Crippen molar-refractivity contribution in [1.82, 2.24) is 10.3 Å². The number of hydrogen-bond donors (Lipinski definition) is 1. The first-order chi connectivity index (χ1) is 8.15. The van der Waals surface area contributed by atoms with Crippen molar-refractivity contribution in [1.29, 1.82) is 5.26 Å². The molecule has 0 aromatic carbocycles. The number of nitriles is 1. The predicted octanol–water partition coefficient (Wildman–Crippen LogP) is 2.30. The minimum Gasteiger partial charge on any atom is -0.332 e. The summed E-state index contributed by atoms with van der Waals surface area (Å²) < 4.78 is 0. The van der Waals surface area contributed by atoms with Gasteiger partial charge in [0, 0.05) is 11.2 Å². The number of rotatable bonds is 2. The Hall–Kier alpha value is -1.60. The molecule has 0 spiro atoms. The maximum atomic E-state index is 11.9. The van der Waals surface area contributed by atoms with Crippen LogP contribution >= 0.6 is 11.6 Å². The highest BCUT2D eigenvalue weighted by atomic mass is 35.5. The first-order valence-electron chi connectivity index (χ1n) is 5.50. The summed E-state index contributed by atoms with van der Waals surface area (Å²) in [5.74, 6) is -0.337. The van der Waals surface area contributed by atoms with E-state index >= 15 is 0 Å². The van der Waals surface area contributed by atoms with E-state index in [0.29, 0.717) is 17.9 Å². The van der Waals surface area contributed by atoms with Gasteiger partial charge in [0.15, 0.2) is 0 Å². The Bertz CT molecular complexity index is 475. The minimum atomic E-state index is -0.721. The van der Waals surface area contributed by atoms with Gasteiger partial charge in [-0.2, -0.15) is 5.26 Å². The number of nitrogens with zero attached hydrogens (tertiary/aromatic N) is 2. The van der Waals surface area contributed by atoms with Gasteiger partial charge in [0.25, 0.3) is 5.91 Å². The quantitative estimate of drug-likeness (QED) is 0.875. The molecule has 5 heteroatoms. The first-order valence-corrected chi connectivity index (χ1v) is 5.88. The molecular formula is C12H12ClN3O. The molecule has 0 saturated heterocycles. The Balaban J connectivity index is 2.14. The highest BCUT2D eigenvalue weighted by molar-refractivity contribution is 6.30. The molecular weight excluding hydrogens is 238 g/mol. The molecule has 17 heavy (non-hydrogen) atoms. The number of nitrogens with one attached hydrogen (secondary N) is 1. The van der Waals surface area contributed by atoms with Gasteiger partial charge < -0.3 is 5.32 Å². The molecule has 1 aromatic rings. The third kappa shape index (κ3) is 2.56. The summed E-state index contributed by atoms with van der Waals surface area (Å²) in [6, 6.07) is 5.30. The fraction of sp³-hybridized carbons (Fsp3) is 0.417. The zero-order valence-corrected chi connectivity index (χ0v) is 10.00. The normalized spacial score (nSPS) is 17.4. The lowest BCUT2D eigenvalue weighted by molar-refractivity contribution is 0.0915. The van der Waals surface area contributed by atoms with E-state index in [1.54, 1.807) is 6.07 Å². The Kier molecular flexibility index (Phi) is 3.30. The summed E-state index contributed by atoms with van der Waals surface area (Å²) in [7, 11) is 0. The molecule has 1 saturated carbocycles. The zero-order valence-electron chi connectivity index (χ0n) is 9.24. The van der Waals surface area contributed by atoms with E-state index in [1.807, 2.05) is 0 Å². The number of carbonyl (C=O) groups is 1. The molecule has 2 rings (SSSR count). The molecule has 1 aliphatic carbocycles. The Labute approximate surface area is 105 Å². The highest BCUT2D eigenvalue weighted by Crippen LogP contribution is 2.29. The molecule has 0 aliphatic heterocycles. The fourth-order valence-electron chi connectivity index (χ4n) is 2.05. The lowest BCUT2D eigenvalue weighted by Gasteiger charge is -2.21. The fourth-order valence-corrected chi connectivity index (χ4v) is 2.21. The molecule has 1 aliphatic rings. The van der Waals surface area contributed by atoms with Crippen LogP contribution in [0.2, 0.25) is 5.02 Å². The van der Waals surface area contributed by atoms with Crippen molar-refractivity contribution >= 4 is 17.5 Å². The second kappa shape index (κ2) is 4.72. The molecule has 4 nitrogen and oxygen atoms in total. The lowest BCUT2D eigenvalue weighted by Crippen LogP contribution is -2.45. The molecule has 1 aromatic heterocycles. The van der Waals surface area contributed by atoms with Crippen LogP contribution in [0.15, 0.2) is 18.3 Å². The first kappa shape index (κ1) is 11.9. The summed E-state index contributed by atoms with van der Waals surface area (Å²) in [6.45, 7) is 0. The van der Waals surface area contributed by atoms with E-state index in [-0.39, 0.29) is 11.6 Å². The molecule has 0 unspecified atom stereocenters. The zero-order chi connectivity index (χ0) is 12.3. The molecule has 1 N–H and O–H groups in total. The molecule has 1 amide bonds. The van der Waals surface area contributed by atoms with Gasteiger partial charge in [-0.25, -0.2) is 0 Å². The number of hydrogen-bond acceptors (Lipinski definition) is 3. The van der Waals surface area contributed by atoms with Crippen LogP contribution in [-0.2, 0) is 0 Å². The van der Waals surface area contributed by atoms with E-state index < -0.39 is 5.54 Å². The summed E-state index contributed by atoms with van der Waals surface area (Å²) >= 11 is 5.79. The van der Waals surface area contributed by atoms with Crippen LogP contribution in [0.4, 0.5) is 0 Å². The number of aromatic nitrogens is 1. The van der Waals surface area contributed by atoms with Crippen LogP contribution < -0.4 is 5.32 Å². The van der Waals surface area contributed by atoms with Gasteiger partial charge in [0.05, 0.1) is 6.07 Å². The van der Waals surface area contributed by atoms with Gasteiger partial charge in [-0.05, 0) is 37.8 Å². The molecule has 0 atom stereocenters. The van der Waals surface area contributed by atoms with Crippen molar-refractivity contribution in [2.45, 2.75) is 31.2 Å². The Morgan fingerprint density at radius 3 is 2.82 bits per heavy atom. The standard InChI is InChI=1S/C12H12ClN3O/c13-9-3-6-15-10(7-9)11(17)16-12(8-14)4-1-2-5-12/h3,6-7H,1-2,4-5H2,(H,16,17). The Morgan fingerprint density at radius 2 is 2.24 bits per heavy atom. The number of amides is 1.